The zero-order chi connectivity index (χ0) is 30.6. The summed E-state index contributed by atoms with van der Waals surface area (Å²) in [5, 5.41) is 3.23. The Kier molecular flexibility index (Phi) is 9.76. The molecular formula is C28H31F3N4O5S3. The Morgan fingerprint density at radius 1 is 1.23 bits per heavy atom. The number of thiophene rings is 1. The summed E-state index contributed by atoms with van der Waals surface area (Å²) in [5.74, 6) is -2.17. The molecule has 1 fully saturated rings. The molecular weight excluding hydrogens is 626 g/mol. The zero-order valence-corrected chi connectivity index (χ0v) is 25.8. The normalized spacial score (nSPS) is 16.5. The first kappa shape index (κ1) is 31.4. The van der Waals surface area contributed by atoms with Crippen LogP contribution in [0.5, 0.6) is 0 Å². The number of thiazole rings is 1. The zero-order valence-electron chi connectivity index (χ0n) is 23.3. The van der Waals surface area contributed by atoms with Gasteiger partial charge in [0.15, 0.2) is 0 Å². The molecule has 9 nitrogen and oxygen atoms in total. The van der Waals surface area contributed by atoms with Gasteiger partial charge >= 0.3 is 12.1 Å². The fraction of sp³-hybridized carbons (Fsp3) is 0.429. The predicted molar refractivity (Wildman–Crippen MR) is 160 cm³/mol. The molecule has 4 heterocycles. The van der Waals surface area contributed by atoms with Gasteiger partial charge in [0.1, 0.15) is 15.8 Å². The largest absolute Gasteiger partial charge is 0.490 e. The number of likely N-dealkylation sites (tertiary alicyclic amines) is 1. The number of carbonyl (C=O) groups is 1. The molecule has 43 heavy (non-hydrogen) atoms. The third-order valence-corrected chi connectivity index (χ3v) is 11.3. The van der Waals surface area contributed by atoms with E-state index in [2.05, 4.69) is 14.7 Å². The Hall–Kier alpha value is -2.98. The van der Waals surface area contributed by atoms with Gasteiger partial charge in [-0.15, -0.1) is 22.7 Å². The van der Waals surface area contributed by atoms with Gasteiger partial charge in [-0.1, -0.05) is 24.6 Å². The summed E-state index contributed by atoms with van der Waals surface area (Å²) >= 11 is 2.59. The highest BCUT2D eigenvalue weighted by Gasteiger charge is 2.41. The molecule has 232 valence electrons. The molecule has 15 heteroatoms. The highest BCUT2D eigenvalue weighted by atomic mass is 32.2. The lowest BCUT2D eigenvalue weighted by Crippen LogP contribution is -2.43. The van der Waals surface area contributed by atoms with Crippen LogP contribution in [0, 0.1) is 0 Å². The van der Waals surface area contributed by atoms with Crippen molar-refractivity contribution in [3.8, 4) is 10.7 Å². The maximum absolute atomic E-state index is 13.6. The molecule has 3 aromatic heterocycles. The Bertz CT molecular complexity index is 1640. The van der Waals surface area contributed by atoms with E-state index < -0.39 is 22.2 Å². The van der Waals surface area contributed by atoms with Gasteiger partial charge in [0.05, 0.1) is 30.0 Å². The minimum Gasteiger partial charge on any atom is -0.457 e. The van der Waals surface area contributed by atoms with Crippen molar-refractivity contribution in [1.82, 2.24) is 14.9 Å². The van der Waals surface area contributed by atoms with E-state index in [1.54, 1.807) is 29.8 Å². The van der Waals surface area contributed by atoms with Crippen LogP contribution in [0.4, 0.5) is 18.9 Å². The van der Waals surface area contributed by atoms with E-state index in [1.807, 2.05) is 30.0 Å². The third-order valence-electron chi connectivity index (χ3n) is 7.12. The summed E-state index contributed by atoms with van der Waals surface area (Å²) < 4.78 is 76.8. The van der Waals surface area contributed by atoms with E-state index in [1.165, 1.54) is 15.6 Å². The van der Waals surface area contributed by atoms with Crippen LogP contribution in [-0.2, 0) is 30.8 Å². The summed E-state index contributed by atoms with van der Waals surface area (Å²) in [4.78, 5) is 22.1. The molecule has 0 saturated carbocycles. The van der Waals surface area contributed by atoms with Gasteiger partial charge in [0.25, 0.3) is 10.0 Å². The average molecular weight is 657 g/mol. The van der Waals surface area contributed by atoms with Crippen LogP contribution in [0.3, 0.4) is 0 Å². The number of halogens is 3. The molecule has 1 unspecified atom stereocenters. The van der Waals surface area contributed by atoms with Crippen molar-refractivity contribution in [3.05, 3.63) is 52.9 Å². The van der Waals surface area contributed by atoms with Crippen molar-refractivity contribution in [2.45, 2.75) is 49.2 Å². The number of rotatable bonds is 12. The second-order valence-electron chi connectivity index (χ2n) is 9.98. The summed E-state index contributed by atoms with van der Waals surface area (Å²) in [6, 6.07) is 10.4. The van der Waals surface area contributed by atoms with Crippen molar-refractivity contribution in [2.75, 3.05) is 37.2 Å². The molecule has 0 bridgehead atoms. The molecule has 0 spiro atoms. The Labute approximate surface area is 255 Å². The molecule has 0 amide bonds. The van der Waals surface area contributed by atoms with Crippen LogP contribution < -0.4 is 4.31 Å². The number of benzene rings is 1. The summed E-state index contributed by atoms with van der Waals surface area (Å²) in [6.45, 7) is 3.50. The van der Waals surface area contributed by atoms with E-state index >= 15 is 0 Å². The molecule has 4 aromatic rings. The van der Waals surface area contributed by atoms with Gasteiger partial charge in [-0.25, -0.2) is 18.2 Å². The SMILES string of the molecule is CCOCCN(c1cccc2cc(-c3ncc(CN4CCCCC4COC(=O)C(F)(F)F)s3)[nH]c12)S(=O)(=O)c1cccs1. The van der Waals surface area contributed by atoms with E-state index in [4.69, 9.17) is 4.74 Å². The molecule has 0 radical (unpaired) electrons. The average Bonchev–Trinajstić information content (AvgIpc) is 3.75. The van der Waals surface area contributed by atoms with Crippen LogP contribution in [0.15, 0.2) is 52.2 Å². The van der Waals surface area contributed by atoms with Gasteiger partial charge in [-0.3, -0.25) is 9.21 Å². The number of carbonyl (C=O) groups excluding carboxylic acids is 1. The number of ether oxygens (including phenoxy) is 2. The molecule has 1 N–H and O–H groups in total. The quantitative estimate of drug-likeness (QED) is 0.146. The molecule has 1 saturated heterocycles. The first-order valence-electron chi connectivity index (χ1n) is 13.8. The van der Waals surface area contributed by atoms with Crippen molar-refractivity contribution in [3.63, 3.8) is 0 Å². The smallest absolute Gasteiger partial charge is 0.457 e. The lowest BCUT2D eigenvalue weighted by atomic mass is 10.0. The highest BCUT2D eigenvalue weighted by Crippen LogP contribution is 2.36. The summed E-state index contributed by atoms with van der Waals surface area (Å²) in [7, 11) is -3.83. The van der Waals surface area contributed by atoms with Crippen LogP contribution in [0.1, 0.15) is 31.1 Å². The third kappa shape index (κ3) is 7.23. The number of fused-ring (bicyclic) bond motifs is 1. The number of aromatic amines is 1. The number of esters is 1. The summed E-state index contributed by atoms with van der Waals surface area (Å²) in [6.07, 6.45) is -0.903. The monoisotopic (exact) mass is 656 g/mol. The second-order valence-corrected chi connectivity index (χ2v) is 14.1. The number of alkyl halides is 3. The van der Waals surface area contributed by atoms with E-state index in [0.29, 0.717) is 48.0 Å². The lowest BCUT2D eigenvalue weighted by molar-refractivity contribution is -0.201. The molecule has 1 aliphatic rings. The number of anilines is 1. The topological polar surface area (TPSA) is 105 Å². The fourth-order valence-corrected chi connectivity index (χ4v) is 8.53. The van der Waals surface area contributed by atoms with Crippen molar-refractivity contribution >= 4 is 55.3 Å². The maximum atomic E-state index is 13.6. The van der Waals surface area contributed by atoms with Gasteiger partial charge in [-0.05, 0) is 49.9 Å². The van der Waals surface area contributed by atoms with Crippen LogP contribution in [0.2, 0.25) is 0 Å². The van der Waals surface area contributed by atoms with E-state index in [0.717, 1.165) is 34.4 Å². The number of hydrogen-bond acceptors (Lipinski definition) is 9. The van der Waals surface area contributed by atoms with Gasteiger partial charge in [-0.2, -0.15) is 13.2 Å². The molecule has 1 atom stereocenters. The Morgan fingerprint density at radius 3 is 2.81 bits per heavy atom. The van der Waals surface area contributed by atoms with Crippen molar-refractivity contribution in [2.24, 2.45) is 0 Å². The number of H-pyrrole nitrogens is 1. The number of nitrogens with one attached hydrogen (secondary N) is 1. The Balaban J connectivity index is 1.37. The fourth-order valence-electron chi connectivity index (χ4n) is 5.06. The Morgan fingerprint density at radius 2 is 2.07 bits per heavy atom. The predicted octanol–water partition coefficient (Wildman–Crippen LogP) is 6.04. The minimum absolute atomic E-state index is 0.137. The van der Waals surface area contributed by atoms with Gasteiger partial charge in [0, 0.05) is 35.7 Å². The van der Waals surface area contributed by atoms with Crippen molar-refractivity contribution in [1.29, 1.82) is 0 Å². The summed E-state index contributed by atoms with van der Waals surface area (Å²) in [5.41, 5.74) is 1.86. The highest BCUT2D eigenvalue weighted by molar-refractivity contribution is 7.94. The number of piperidine rings is 1. The standard InChI is InChI=1S/C28H31F3N4O5S3/c1-2-39-13-12-35(43(37,38)24-10-6-14-41-24)23-9-5-7-19-15-22(33-25(19)23)26-32-16-21(42-26)17-34-11-4-3-8-20(34)18-40-27(36)28(29,30)31/h5-7,9-10,14-16,20,33H,2-4,8,11-13,17-18H2,1H3. The van der Waals surface area contributed by atoms with Crippen LogP contribution >= 0.6 is 22.7 Å². The lowest BCUT2D eigenvalue weighted by Gasteiger charge is -2.34. The van der Waals surface area contributed by atoms with E-state index in [9.17, 15) is 26.4 Å². The van der Waals surface area contributed by atoms with Gasteiger partial charge in [0.2, 0.25) is 0 Å². The first-order chi connectivity index (χ1) is 20.6. The van der Waals surface area contributed by atoms with Crippen molar-refractivity contribution < 1.29 is 35.9 Å². The molecule has 0 aliphatic carbocycles. The first-order valence-corrected chi connectivity index (χ1v) is 16.9. The molecule has 1 aliphatic heterocycles. The molecule has 5 rings (SSSR count). The second kappa shape index (κ2) is 13.3. The van der Waals surface area contributed by atoms with E-state index in [-0.39, 0.29) is 30.0 Å². The molecule has 1 aromatic carbocycles. The minimum atomic E-state index is -5.01. The van der Waals surface area contributed by atoms with Gasteiger partial charge < -0.3 is 14.5 Å². The number of para-hydroxylation sites is 1. The van der Waals surface area contributed by atoms with Crippen LogP contribution in [-0.4, -0.2) is 74.4 Å². The number of hydrogen-bond donors (Lipinski definition) is 1. The number of nitrogens with zero attached hydrogens (tertiary/aromatic N) is 3. The number of sulfonamides is 1. The number of aromatic nitrogens is 2. The maximum Gasteiger partial charge on any atom is 0.490 e. The van der Waals surface area contributed by atoms with Crippen LogP contribution in [0.25, 0.3) is 21.6 Å².